The Balaban J connectivity index is 0.954. The number of nitrogens with zero attached hydrogens (tertiary/aromatic N) is 2. The molecule has 0 bridgehead atoms. The second kappa shape index (κ2) is 15.1. The summed E-state index contributed by atoms with van der Waals surface area (Å²) in [4.78, 5) is 10.3. The molecule has 0 unspecified atom stereocenters. The minimum atomic E-state index is -0.470. The van der Waals surface area contributed by atoms with Crippen LogP contribution in [-0.2, 0) is 11.8 Å². The Morgan fingerprint density at radius 1 is 0.459 bits per heavy atom. The summed E-state index contributed by atoms with van der Waals surface area (Å²) >= 11 is 0. The summed E-state index contributed by atoms with van der Waals surface area (Å²) in [5.41, 5.74) is 17.2. The fourth-order valence-electron chi connectivity index (χ4n) is 9.42. The van der Waals surface area contributed by atoms with Crippen LogP contribution in [0.15, 0.2) is 235 Å². The number of furan rings is 1. The molecule has 2 aromatic heterocycles. The van der Waals surface area contributed by atoms with E-state index in [2.05, 4.69) is 195 Å². The number of fused-ring (bicyclic) bond motifs is 4. The van der Waals surface area contributed by atoms with Gasteiger partial charge in [-0.25, -0.2) is 9.97 Å². The molecule has 288 valence electrons. The van der Waals surface area contributed by atoms with E-state index in [0.717, 1.165) is 67.6 Å². The number of hydrogen-bond acceptors (Lipinski definition) is 3. The lowest BCUT2D eigenvalue weighted by molar-refractivity contribution is 0.669. The molecule has 2 heterocycles. The van der Waals surface area contributed by atoms with Gasteiger partial charge in [0.25, 0.3) is 0 Å². The van der Waals surface area contributed by atoms with Crippen LogP contribution in [0.4, 0.5) is 0 Å². The quantitative estimate of drug-likeness (QED) is 0.146. The van der Waals surface area contributed by atoms with Crippen molar-refractivity contribution in [2.75, 3.05) is 0 Å². The largest absolute Gasteiger partial charge is 0.456 e. The van der Waals surface area contributed by atoms with Gasteiger partial charge in [0.15, 0.2) is 5.82 Å². The van der Waals surface area contributed by atoms with Gasteiger partial charge in [0, 0.05) is 27.5 Å². The molecule has 8 aromatic carbocycles. The Hall–Kier alpha value is -7.88. The third-order valence-electron chi connectivity index (χ3n) is 12.3. The predicted molar refractivity (Wildman–Crippen MR) is 251 cm³/mol. The van der Waals surface area contributed by atoms with Crippen LogP contribution in [0.5, 0.6) is 0 Å². The van der Waals surface area contributed by atoms with Crippen molar-refractivity contribution in [1.29, 1.82) is 0 Å². The Morgan fingerprint density at radius 3 is 1.67 bits per heavy atom. The second-order valence-electron chi connectivity index (χ2n) is 15.7. The van der Waals surface area contributed by atoms with Gasteiger partial charge in [-0.2, -0.15) is 0 Å². The molecule has 0 radical (unpaired) electrons. The van der Waals surface area contributed by atoms with Gasteiger partial charge in [-0.15, -0.1) is 0 Å². The van der Waals surface area contributed by atoms with Crippen LogP contribution in [-0.4, -0.2) is 9.97 Å². The van der Waals surface area contributed by atoms with Crippen molar-refractivity contribution in [3.05, 3.63) is 258 Å². The smallest absolute Gasteiger partial charge is 0.160 e. The second-order valence-corrected chi connectivity index (χ2v) is 15.7. The number of allylic oxidation sites excluding steroid dienone is 3. The van der Waals surface area contributed by atoms with Crippen molar-refractivity contribution in [2.45, 2.75) is 11.8 Å². The number of aromatic nitrogens is 2. The highest BCUT2D eigenvalue weighted by molar-refractivity contribution is 6.06. The van der Waals surface area contributed by atoms with E-state index in [1.807, 2.05) is 30.3 Å². The van der Waals surface area contributed by atoms with Gasteiger partial charge < -0.3 is 4.42 Å². The molecule has 61 heavy (non-hydrogen) atoms. The Kier molecular flexibility index (Phi) is 8.94. The van der Waals surface area contributed by atoms with Crippen LogP contribution in [0.25, 0.3) is 72.5 Å². The summed E-state index contributed by atoms with van der Waals surface area (Å²) in [6.45, 7) is 4.45. The number of benzene rings is 8. The number of para-hydroxylation sites is 1. The molecule has 0 amide bonds. The maximum absolute atomic E-state index is 6.09. The molecule has 1 aliphatic carbocycles. The van der Waals surface area contributed by atoms with E-state index < -0.39 is 5.41 Å². The third-order valence-corrected chi connectivity index (χ3v) is 12.3. The lowest BCUT2D eigenvalue weighted by Gasteiger charge is -2.34. The van der Waals surface area contributed by atoms with E-state index in [0.29, 0.717) is 5.82 Å². The minimum Gasteiger partial charge on any atom is -0.456 e. The summed E-state index contributed by atoms with van der Waals surface area (Å²) < 4.78 is 6.09. The van der Waals surface area contributed by atoms with Crippen LogP contribution in [0.3, 0.4) is 0 Å². The molecule has 0 N–H and O–H groups in total. The van der Waals surface area contributed by atoms with Gasteiger partial charge >= 0.3 is 0 Å². The monoisotopic (exact) mass is 780 g/mol. The fraction of sp³-hybridized carbons (Fsp3) is 0.0345. The molecule has 0 spiro atoms. The van der Waals surface area contributed by atoms with E-state index in [9.17, 15) is 0 Å². The van der Waals surface area contributed by atoms with Gasteiger partial charge in [0.2, 0.25) is 0 Å². The Morgan fingerprint density at radius 2 is 1.00 bits per heavy atom. The first kappa shape index (κ1) is 36.2. The summed E-state index contributed by atoms with van der Waals surface area (Å²) in [6.07, 6.45) is 2.85. The van der Waals surface area contributed by atoms with E-state index in [1.54, 1.807) is 0 Å². The van der Waals surface area contributed by atoms with Crippen LogP contribution >= 0.6 is 0 Å². The first-order valence-electron chi connectivity index (χ1n) is 20.8. The zero-order valence-corrected chi connectivity index (χ0v) is 33.5. The van der Waals surface area contributed by atoms with Crippen LogP contribution in [0.2, 0.25) is 0 Å². The minimum absolute atomic E-state index is 0.470. The van der Waals surface area contributed by atoms with Crippen molar-refractivity contribution in [3.8, 4) is 45.0 Å². The van der Waals surface area contributed by atoms with Gasteiger partial charge in [0.1, 0.15) is 11.2 Å². The van der Waals surface area contributed by atoms with Gasteiger partial charge in [-0.1, -0.05) is 201 Å². The molecule has 0 fully saturated rings. The first-order valence-corrected chi connectivity index (χ1v) is 20.8. The molecule has 0 aliphatic heterocycles. The zero-order valence-electron chi connectivity index (χ0n) is 33.5. The highest BCUT2D eigenvalue weighted by Gasteiger charge is 2.46. The van der Waals surface area contributed by atoms with Crippen molar-refractivity contribution in [2.24, 2.45) is 0 Å². The molecular formula is C58H40N2O. The van der Waals surface area contributed by atoms with E-state index in [4.69, 9.17) is 14.4 Å². The fourth-order valence-corrected chi connectivity index (χ4v) is 9.42. The van der Waals surface area contributed by atoms with Crippen LogP contribution in [0, 0.1) is 0 Å². The highest BCUT2D eigenvalue weighted by atomic mass is 16.3. The molecule has 0 atom stereocenters. The summed E-state index contributed by atoms with van der Waals surface area (Å²) in [5.74, 6) is 0.694. The topological polar surface area (TPSA) is 38.9 Å². The Bertz CT molecular complexity index is 3210. The molecule has 3 nitrogen and oxygen atoms in total. The molecule has 1 aliphatic rings. The molecular weight excluding hydrogens is 741 g/mol. The van der Waals surface area contributed by atoms with E-state index in [-0.39, 0.29) is 0 Å². The molecule has 10 aromatic rings. The van der Waals surface area contributed by atoms with Gasteiger partial charge in [-0.3, -0.25) is 0 Å². The first-order chi connectivity index (χ1) is 30.2. The maximum atomic E-state index is 6.09. The summed E-state index contributed by atoms with van der Waals surface area (Å²) in [6, 6.07) is 75.2. The summed E-state index contributed by atoms with van der Waals surface area (Å²) in [7, 11) is 0. The lowest BCUT2D eigenvalue weighted by Crippen LogP contribution is -2.29. The molecule has 0 saturated carbocycles. The average molecular weight is 781 g/mol. The van der Waals surface area contributed by atoms with Crippen LogP contribution < -0.4 is 0 Å². The van der Waals surface area contributed by atoms with Crippen molar-refractivity contribution >= 4 is 27.5 Å². The third kappa shape index (κ3) is 6.22. The van der Waals surface area contributed by atoms with Gasteiger partial charge in [0.05, 0.1) is 16.8 Å². The number of hydrogen-bond donors (Lipinski definition) is 0. The van der Waals surface area contributed by atoms with E-state index in [1.165, 1.54) is 39.0 Å². The van der Waals surface area contributed by atoms with Crippen molar-refractivity contribution in [3.63, 3.8) is 0 Å². The zero-order chi connectivity index (χ0) is 40.8. The molecule has 3 heteroatoms. The summed E-state index contributed by atoms with van der Waals surface area (Å²) in [5, 5.41) is 2.25. The van der Waals surface area contributed by atoms with Gasteiger partial charge in [-0.05, 0) is 80.8 Å². The number of rotatable bonds is 9. The SMILES string of the molecule is C=CC1=C(Cc2ccc(-c3cc(-c4ccc(-c5ccc6oc7ccccc7c6c5)cc4)nc(-c4ccccc4)n3)cc2)c2ccccc2C1(c1ccccc1)c1ccccc1. The highest BCUT2D eigenvalue weighted by Crippen LogP contribution is 2.55. The standard InChI is InChI=1S/C58H40N2O/c1-2-51-49(47-22-12-14-24-52(47)58(51,45-18-8-4-9-19-45)46-20-10-5-11-21-46)36-39-26-28-41(29-27-39)53-38-54(60-57(59-53)43-16-6-3-7-17-43)42-32-30-40(31-33-42)44-34-35-56-50(37-44)48-23-13-15-25-55(48)61-56/h2-35,37-38H,1,36H2. The lowest BCUT2D eigenvalue weighted by atomic mass is 9.67. The molecule has 11 rings (SSSR count). The maximum Gasteiger partial charge on any atom is 0.160 e. The van der Waals surface area contributed by atoms with E-state index >= 15 is 0 Å². The van der Waals surface area contributed by atoms with Crippen molar-refractivity contribution < 1.29 is 4.42 Å². The Labute approximate surface area is 355 Å². The predicted octanol–water partition coefficient (Wildman–Crippen LogP) is 14.6. The van der Waals surface area contributed by atoms with Crippen LogP contribution in [0.1, 0.15) is 27.8 Å². The normalized spacial score (nSPS) is 13.1. The average Bonchev–Trinajstić information content (AvgIpc) is 3.85. The van der Waals surface area contributed by atoms with Crippen molar-refractivity contribution in [1.82, 2.24) is 9.97 Å². The molecule has 0 saturated heterocycles.